The maximum atomic E-state index is 12.5. The van der Waals surface area contributed by atoms with Crippen LogP contribution in [0.2, 0.25) is 0 Å². The average molecular weight is 652 g/mol. The Hall–Kier alpha value is -4.34. The number of nitrogens with one attached hydrogen (secondary N) is 2. The van der Waals surface area contributed by atoms with Crippen LogP contribution in [0.25, 0.3) is 22.4 Å². The van der Waals surface area contributed by atoms with Crippen molar-refractivity contribution in [3.63, 3.8) is 0 Å². The van der Waals surface area contributed by atoms with Crippen LogP contribution < -0.4 is 5.32 Å². The Morgan fingerprint density at radius 1 is 0.809 bits per heavy atom. The highest BCUT2D eigenvalue weighted by Gasteiger charge is 2.23. The predicted molar refractivity (Wildman–Crippen MR) is 190 cm³/mol. The Morgan fingerprint density at radius 2 is 1.30 bits per heavy atom. The van der Waals surface area contributed by atoms with Gasteiger partial charge in [-0.25, -0.2) is 14.6 Å². The van der Waals surface area contributed by atoms with Crippen molar-refractivity contribution in [2.75, 3.05) is 20.1 Å². The standard InChI is InChI=1S/C26H32N4O3.C9H19NO2.C2H6/c1-5-14-30(25(32)33-26(2,3)4)17-24-28-16-23(29-24)22-12-10-21(11-13-22)20-8-6-19(7-9-20)15-27-18-31;1-6-7-10(5)8(11)12-9(2,3)4;1-2/h6-13,16,18H,5,14-15,17H2,1-4H3,(H,27,31)(H,28,29);6-7H2,1-5H3;1-2H3. The van der Waals surface area contributed by atoms with Crippen LogP contribution in [0.1, 0.15) is 93.5 Å². The summed E-state index contributed by atoms with van der Waals surface area (Å²) >= 11 is 0. The zero-order valence-corrected chi connectivity index (χ0v) is 30.4. The van der Waals surface area contributed by atoms with Crippen molar-refractivity contribution in [1.29, 1.82) is 0 Å². The van der Waals surface area contributed by atoms with Crippen molar-refractivity contribution in [2.24, 2.45) is 0 Å². The van der Waals surface area contributed by atoms with E-state index >= 15 is 0 Å². The molecule has 0 aliphatic carbocycles. The molecule has 0 aliphatic rings. The topological polar surface area (TPSA) is 117 Å². The first-order valence-electron chi connectivity index (χ1n) is 16.5. The molecule has 10 nitrogen and oxygen atoms in total. The van der Waals surface area contributed by atoms with Gasteiger partial charge in [-0.3, -0.25) is 4.79 Å². The Balaban J connectivity index is 0.000000667. The van der Waals surface area contributed by atoms with E-state index in [9.17, 15) is 14.4 Å². The molecule has 0 atom stereocenters. The summed E-state index contributed by atoms with van der Waals surface area (Å²) in [5.41, 5.74) is 4.25. The predicted octanol–water partition coefficient (Wildman–Crippen LogP) is 8.43. The fraction of sp³-hybridized carbons (Fsp3) is 0.514. The molecule has 0 spiro atoms. The molecule has 2 N–H and O–H groups in total. The third-order valence-corrected chi connectivity index (χ3v) is 6.25. The van der Waals surface area contributed by atoms with Gasteiger partial charge in [-0.1, -0.05) is 76.2 Å². The lowest BCUT2D eigenvalue weighted by atomic mass is 10.0. The number of amides is 3. The number of aromatic amines is 1. The van der Waals surface area contributed by atoms with Crippen molar-refractivity contribution in [3.05, 3.63) is 66.1 Å². The van der Waals surface area contributed by atoms with Crippen molar-refractivity contribution in [3.8, 4) is 22.4 Å². The number of imidazole rings is 1. The van der Waals surface area contributed by atoms with Crippen molar-refractivity contribution >= 4 is 18.6 Å². The average Bonchev–Trinajstić information content (AvgIpc) is 3.48. The fourth-order valence-electron chi connectivity index (χ4n) is 4.18. The first-order chi connectivity index (χ1) is 22.2. The first-order valence-corrected chi connectivity index (χ1v) is 16.5. The highest BCUT2D eigenvalue weighted by molar-refractivity contribution is 5.70. The Bertz CT molecular complexity index is 1340. The first kappa shape index (κ1) is 40.7. The molecule has 3 aromatic rings. The Kier molecular flexibility index (Phi) is 17.3. The molecule has 0 saturated carbocycles. The van der Waals surface area contributed by atoms with Gasteiger partial charge in [0.15, 0.2) is 0 Å². The van der Waals surface area contributed by atoms with Gasteiger partial charge in [0.25, 0.3) is 0 Å². The number of H-pyrrole nitrogens is 1. The number of rotatable bonds is 11. The number of nitrogens with zero attached hydrogens (tertiary/aromatic N) is 3. The molecule has 47 heavy (non-hydrogen) atoms. The molecule has 0 fully saturated rings. The summed E-state index contributed by atoms with van der Waals surface area (Å²) < 4.78 is 10.7. The molecule has 0 bridgehead atoms. The van der Waals surface area contributed by atoms with E-state index in [2.05, 4.69) is 27.4 Å². The summed E-state index contributed by atoms with van der Waals surface area (Å²) in [6.07, 6.45) is 3.70. The molecule has 0 aliphatic heterocycles. The minimum Gasteiger partial charge on any atom is -0.444 e. The summed E-state index contributed by atoms with van der Waals surface area (Å²) in [5, 5.41) is 2.67. The van der Waals surface area contributed by atoms with Gasteiger partial charge in [0, 0.05) is 26.7 Å². The molecule has 10 heteroatoms. The summed E-state index contributed by atoms with van der Waals surface area (Å²) in [6.45, 7) is 21.5. The Labute approximate surface area is 282 Å². The Morgan fingerprint density at radius 3 is 1.79 bits per heavy atom. The minimum atomic E-state index is -0.536. The van der Waals surface area contributed by atoms with Gasteiger partial charge in [0.05, 0.1) is 18.4 Å². The molecular formula is C37H57N5O5. The van der Waals surface area contributed by atoms with Gasteiger partial charge in [-0.15, -0.1) is 0 Å². The van der Waals surface area contributed by atoms with Crippen LogP contribution in [0.4, 0.5) is 9.59 Å². The lowest BCUT2D eigenvalue weighted by molar-refractivity contribution is -0.109. The van der Waals surface area contributed by atoms with E-state index in [4.69, 9.17) is 9.47 Å². The van der Waals surface area contributed by atoms with Gasteiger partial charge >= 0.3 is 12.2 Å². The van der Waals surface area contributed by atoms with Crippen LogP contribution >= 0.6 is 0 Å². The zero-order chi connectivity index (χ0) is 35.6. The van der Waals surface area contributed by atoms with E-state index in [0.29, 0.717) is 31.9 Å². The van der Waals surface area contributed by atoms with Crippen LogP contribution in [0.5, 0.6) is 0 Å². The lowest BCUT2D eigenvalue weighted by Crippen LogP contribution is -2.37. The number of carbonyl (C=O) groups excluding carboxylic acids is 3. The van der Waals surface area contributed by atoms with Gasteiger partial charge < -0.3 is 29.6 Å². The van der Waals surface area contributed by atoms with E-state index in [0.717, 1.165) is 47.3 Å². The van der Waals surface area contributed by atoms with Crippen molar-refractivity contribution < 1.29 is 23.9 Å². The van der Waals surface area contributed by atoms with Crippen LogP contribution in [0.15, 0.2) is 54.7 Å². The number of carbonyl (C=O) groups is 3. The molecule has 3 amide bonds. The maximum absolute atomic E-state index is 12.5. The number of ether oxygens (including phenoxy) is 2. The number of aromatic nitrogens is 2. The molecule has 1 aromatic heterocycles. The SMILES string of the molecule is CC.CCCN(C)C(=O)OC(C)(C)C.CCCN(Cc1ncc(-c2ccc(-c3ccc(CNC=O)cc3)cc2)[nH]1)C(=O)OC(C)(C)C. The number of hydrogen-bond donors (Lipinski definition) is 2. The summed E-state index contributed by atoms with van der Waals surface area (Å²) in [7, 11) is 1.75. The summed E-state index contributed by atoms with van der Waals surface area (Å²) in [6, 6.07) is 16.3. The lowest BCUT2D eigenvalue weighted by Gasteiger charge is -2.26. The van der Waals surface area contributed by atoms with Crippen molar-refractivity contribution in [2.45, 2.75) is 106 Å². The molecule has 2 aromatic carbocycles. The molecular weight excluding hydrogens is 594 g/mol. The summed E-state index contributed by atoms with van der Waals surface area (Å²) in [5.74, 6) is 0.716. The van der Waals surface area contributed by atoms with Crippen LogP contribution in [0, 0.1) is 0 Å². The van der Waals surface area contributed by atoms with Gasteiger partial charge in [-0.05, 0) is 76.6 Å². The summed E-state index contributed by atoms with van der Waals surface area (Å²) in [4.78, 5) is 45.3. The van der Waals surface area contributed by atoms with E-state index in [1.165, 1.54) is 0 Å². The van der Waals surface area contributed by atoms with Gasteiger partial charge in [0.1, 0.15) is 17.0 Å². The highest BCUT2D eigenvalue weighted by Crippen LogP contribution is 2.25. The van der Waals surface area contributed by atoms with Crippen molar-refractivity contribution in [1.82, 2.24) is 25.1 Å². The normalized spacial score (nSPS) is 10.8. The van der Waals surface area contributed by atoms with Crippen LogP contribution in [-0.2, 0) is 27.4 Å². The van der Waals surface area contributed by atoms with E-state index in [1.54, 1.807) is 23.0 Å². The van der Waals surface area contributed by atoms with Gasteiger partial charge in [0.2, 0.25) is 6.41 Å². The minimum absolute atomic E-state index is 0.246. The third-order valence-electron chi connectivity index (χ3n) is 6.25. The smallest absolute Gasteiger partial charge is 0.410 e. The van der Waals surface area contributed by atoms with E-state index in [-0.39, 0.29) is 17.8 Å². The van der Waals surface area contributed by atoms with E-state index in [1.807, 2.05) is 106 Å². The largest absolute Gasteiger partial charge is 0.444 e. The molecule has 0 saturated heterocycles. The molecule has 260 valence electrons. The molecule has 1 heterocycles. The second-order valence-corrected chi connectivity index (χ2v) is 12.8. The number of hydrogen-bond acceptors (Lipinski definition) is 6. The third kappa shape index (κ3) is 15.7. The molecule has 0 unspecified atom stereocenters. The second-order valence-electron chi connectivity index (χ2n) is 12.8. The van der Waals surface area contributed by atoms with E-state index < -0.39 is 5.60 Å². The maximum Gasteiger partial charge on any atom is 0.410 e. The fourth-order valence-corrected chi connectivity index (χ4v) is 4.18. The highest BCUT2D eigenvalue weighted by atomic mass is 16.6. The molecule has 0 radical (unpaired) electrons. The monoisotopic (exact) mass is 651 g/mol. The molecule has 3 rings (SSSR count). The van der Waals surface area contributed by atoms with Gasteiger partial charge in [-0.2, -0.15) is 0 Å². The second kappa shape index (κ2) is 20.0. The van der Waals surface area contributed by atoms with Crippen LogP contribution in [0.3, 0.4) is 0 Å². The number of benzene rings is 2. The quantitative estimate of drug-likeness (QED) is 0.201. The zero-order valence-electron chi connectivity index (χ0n) is 30.4. The van der Waals surface area contributed by atoms with Crippen LogP contribution in [-0.4, -0.2) is 69.7 Å².